The van der Waals surface area contributed by atoms with Crippen LogP contribution in [0.4, 0.5) is 0 Å². The van der Waals surface area contributed by atoms with Crippen molar-refractivity contribution in [3.05, 3.63) is 95.6 Å². The molecule has 35 heavy (non-hydrogen) atoms. The van der Waals surface area contributed by atoms with Gasteiger partial charge in [-0.1, -0.05) is 23.2 Å². The van der Waals surface area contributed by atoms with Crippen molar-refractivity contribution in [3.63, 3.8) is 0 Å². The van der Waals surface area contributed by atoms with Crippen LogP contribution in [0.1, 0.15) is 19.4 Å². The number of nitriles is 1. The average Bonchev–Trinajstić information content (AvgIpc) is 3.18. The number of nitrogens with zero attached hydrogens (tertiary/aromatic N) is 6. The van der Waals surface area contributed by atoms with Gasteiger partial charge in [-0.05, 0) is 66.9 Å². The molecule has 0 saturated carbocycles. The topological polar surface area (TPSA) is 80.4 Å². The van der Waals surface area contributed by atoms with Gasteiger partial charge in [0, 0.05) is 19.4 Å². The number of hydrogen-bond acceptors (Lipinski definition) is 4. The maximum Gasteiger partial charge on any atom is 0.333 e. The number of pyridine rings is 1. The molecule has 0 radical (unpaired) electrons. The van der Waals surface area contributed by atoms with Crippen LogP contribution >= 0.6 is 0 Å². The minimum Gasteiger partial charge on any atom is -0.301 e. The van der Waals surface area contributed by atoms with E-state index in [0.717, 1.165) is 33.3 Å². The lowest BCUT2D eigenvalue weighted by Crippen LogP contribution is -2.28. The smallest absolute Gasteiger partial charge is 0.301 e. The SMILES string of the molecule is Cn1cc(-c2cc(-c3ccc4c(cnc[n+]4C)c3)ccn2)n(-c2ccc(C(C)(C)C#N)cc2)c1=O. The number of benzene rings is 2. The van der Waals surface area contributed by atoms with Gasteiger partial charge in [0.15, 0.2) is 6.20 Å². The van der Waals surface area contributed by atoms with E-state index < -0.39 is 5.41 Å². The number of imidazole rings is 1. The Balaban J connectivity index is 1.60. The van der Waals surface area contributed by atoms with Gasteiger partial charge in [-0.15, -0.1) is 0 Å². The summed E-state index contributed by atoms with van der Waals surface area (Å²) < 4.78 is 5.20. The maximum atomic E-state index is 13.1. The molecule has 172 valence electrons. The fraction of sp³-hybridized carbons (Fsp3) is 0.179. The normalized spacial score (nSPS) is 11.5. The Morgan fingerprint density at radius 2 is 1.77 bits per heavy atom. The van der Waals surface area contributed by atoms with Crippen molar-refractivity contribution in [2.75, 3.05) is 0 Å². The fourth-order valence-corrected chi connectivity index (χ4v) is 4.26. The first-order valence-electron chi connectivity index (χ1n) is 11.3. The van der Waals surface area contributed by atoms with E-state index in [1.54, 1.807) is 34.9 Å². The lowest BCUT2D eigenvalue weighted by molar-refractivity contribution is -0.648. The monoisotopic (exact) mass is 461 g/mol. The molecule has 0 N–H and O–H groups in total. The van der Waals surface area contributed by atoms with E-state index in [4.69, 9.17) is 0 Å². The molecule has 5 rings (SSSR count). The van der Waals surface area contributed by atoms with Crippen LogP contribution in [0.5, 0.6) is 0 Å². The van der Waals surface area contributed by atoms with Gasteiger partial charge in [-0.2, -0.15) is 5.26 Å². The molecule has 0 spiro atoms. The third-order valence-corrected chi connectivity index (χ3v) is 6.39. The molecule has 0 fully saturated rings. The van der Waals surface area contributed by atoms with Crippen LogP contribution in [0.25, 0.3) is 39.1 Å². The second-order valence-corrected chi connectivity index (χ2v) is 9.23. The van der Waals surface area contributed by atoms with E-state index in [0.29, 0.717) is 11.4 Å². The van der Waals surface area contributed by atoms with Crippen molar-refractivity contribution in [2.24, 2.45) is 14.1 Å². The molecule has 7 heteroatoms. The first-order chi connectivity index (χ1) is 16.8. The predicted molar refractivity (Wildman–Crippen MR) is 135 cm³/mol. The second kappa shape index (κ2) is 8.33. The van der Waals surface area contributed by atoms with E-state index in [-0.39, 0.29) is 5.69 Å². The number of aromatic nitrogens is 5. The van der Waals surface area contributed by atoms with Crippen molar-refractivity contribution in [3.8, 4) is 34.3 Å². The molecule has 3 heterocycles. The molecule has 5 aromatic rings. The van der Waals surface area contributed by atoms with Crippen molar-refractivity contribution in [2.45, 2.75) is 19.3 Å². The van der Waals surface area contributed by atoms with Gasteiger partial charge in [-0.25, -0.2) is 9.36 Å². The van der Waals surface area contributed by atoms with Gasteiger partial charge >= 0.3 is 5.69 Å². The quantitative estimate of drug-likeness (QED) is 0.378. The third-order valence-electron chi connectivity index (χ3n) is 6.39. The fourth-order valence-electron chi connectivity index (χ4n) is 4.26. The van der Waals surface area contributed by atoms with Gasteiger partial charge in [-0.3, -0.25) is 9.55 Å². The Hall–Kier alpha value is -4.57. The zero-order chi connectivity index (χ0) is 24.7. The summed E-state index contributed by atoms with van der Waals surface area (Å²) in [6.07, 6.45) is 7.20. The van der Waals surface area contributed by atoms with Crippen molar-refractivity contribution < 1.29 is 4.57 Å². The number of rotatable bonds is 4. The molecule has 0 amide bonds. The highest BCUT2D eigenvalue weighted by Crippen LogP contribution is 2.28. The molecule has 0 saturated heterocycles. The van der Waals surface area contributed by atoms with Gasteiger partial charge in [0.25, 0.3) is 6.33 Å². The lowest BCUT2D eigenvalue weighted by Gasteiger charge is -2.16. The van der Waals surface area contributed by atoms with Crippen LogP contribution < -0.4 is 10.3 Å². The molecular formula is C28H25N6O+. The van der Waals surface area contributed by atoms with Gasteiger partial charge in [0.2, 0.25) is 0 Å². The minimum absolute atomic E-state index is 0.163. The second-order valence-electron chi connectivity index (χ2n) is 9.23. The van der Waals surface area contributed by atoms with Crippen LogP contribution in [0.15, 0.2) is 84.3 Å². The van der Waals surface area contributed by atoms with Crippen molar-refractivity contribution in [1.82, 2.24) is 19.1 Å². The summed E-state index contributed by atoms with van der Waals surface area (Å²) in [6, 6.07) is 20.1. The van der Waals surface area contributed by atoms with Crippen molar-refractivity contribution >= 4 is 10.9 Å². The van der Waals surface area contributed by atoms with E-state index in [1.807, 2.05) is 68.1 Å². The molecule has 2 aromatic carbocycles. The van der Waals surface area contributed by atoms with Crippen LogP contribution in [-0.4, -0.2) is 19.1 Å². The Morgan fingerprint density at radius 3 is 2.51 bits per heavy atom. The molecular weight excluding hydrogens is 436 g/mol. The number of fused-ring (bicyclic) bond motifs is 1. The zero-order valence-electron chi connectivity index (χ0n) is 20.1. The van der Waals surface area contributed by atoms with Crippen LogP contribution in [-0.2, 0) is 19.5 Å². The van der Waals surface area contributed by atoms with Crippen LogP contribution in [0.3, 0.4) is 0 Å². The van der Waals surface area contributed by atoms with Crippen molar-refractivity contribution in [1.29, 1.82) is 5.26 Å². The summed E-state index contributed by atoms with van der Waals surface area (Å²) in [6.45, 7) is 3.75. The average molecular weight is 462 g/mol. The van der Waals surface area contributed by atoms with Gasteiger partial charge < -0.3 is 4.57 Å². The predicted octanol–water partition coefficient (Wildman–Crippen LogP) is 4.08. The Morgan fingerprint density at radius 1 is 1.03 bits per heavy atom. The minimum atomic E-state index is -0.606. The molecule has 0 aliphatic rings. The lowest BCUT2D eigenvalue weighted by atomic mass is 9.86. The first-order valence-corrected chi connectivity index (χ1v) is 11.3. The summed E-state index contributed by atoms with van der Waals surface area (Å²) in [7, 11) is 3.71. The number of hydrogen-bond donors (Lipinski definition) is 0. The molecule has 0 atom stereocenters. The molecule has 0 aliphatic heterocycles. The summed E-state index contributed by atoms with van der Waals surface area (Å²) in [5.41, 5.74) is 5.37. The van der Waals surface area contributed by atoms with Crippen LogP contribution in [0.2, 0.25) is 0 Å². The zero-order valence-corrected chi connectivity index (χ0v) is 20.1. The van der Waals surface area contributed by atoms with Gasteiger partial charge in [0.1, 0.15) is 5.52 Å². The molecule has 7 nitrogen and oxygen atoms in total. The summed E-state index contributed by atoms with van der Waals surface area (Å²) in [5.74, 6) is 0. The molecule has 0 unspecified atom stereocenters. The molecule has 0 bridgehead atoms. The standard InChI is InChI=1S/C28H25N6O/c1-28(2,17-29)22-6-8-23(9-7-22)34-26(16-32(3)27(34)35)24-14-20(11-12-31-24)19-5-10-25-21(13-19)15-30-18-33(25)4/h5-16,18H,1-4H3/q+1. The highest BCUT2D eigenvalue weighted by atomic mass is 16.1. The highest BCUT2D eigenvalue weighted by molar-refractivity contribution is 5.82. The Bertz CT molecular complexity index is 1670. The highest BCUT2D eigenvalue weighted by Gasteiger charge is 2.20. The van der Waals surface area contributed by atoms with E-state index in [9.17, 15) is 10.1 Å². The van der Waals surface area contributed by atoms with Gasteiger partial charge in [0.05, 0.1) is 41.0 Å². The van der Waals surface area contributed by atoms with E-state index >= 15 is 0 Å². The van der Waals surface area contributed by atoms with E-state index in [1.165, 1.54) is 0 Å². The first kappa shape index (κ1) is 22.2. The van der Waals surface area contributed by atoms with E-state index in [2.05, 4.69) is 34.2 Å². The Labute approximate surface area is 203 Å². The van der Waals surface area contributed by atoms with Crippen LogP contribution in [0, 0.1) is 11.3 Å². The third kappa shape index (κ3) is 3.89. The number of aryl methyl sites for hydroxylation is 2. The summed E-state index contributed by atoms with van der Waals surface area (Å²) >= 11 is 0. The molecule has 0 aliphatic carbocycles. The maximum absolute atomic E-state index is 13.1. The largest absolute Gasteiger partial charge is 0.333 e. The molecule has 3 aromatic heterocycles. The summed E-state index contributed by atoms with van der Waals surface area (Å²) in [5, 5.41) is 10.5. The Kier molecular flexibility index (Phi) is 5.29. The summed E-state index contributed by atoms with van der Waals surface area (Å²) in [4.78, 5) is 21.9.